The van der Waals surface area contributed by atoms with E-state index in [9.17, 15) is 4.79 Å². The molecule has 0 atom stereocenters. The first kappa shape index (κ1) is 11.3. The van der Waals surface area contributed by atoms with Crippen molar-refractivity contribution in [3.8, 4) is 11.7 Å². The van der Waals surface area contributed by atoms with E-state index in [1.807, 2.05) is 43.3 Å². The third-order valence-electron chi connectivity index (χ3n) is 2.27. The normalized spacial score (nSPS) is 10.0. The lowest BCUT2D eigenvalue weighted by molar-refractivity contribution is 0.109. The number of benzene rings is 1. The van der Waals surface area contributed by atoms with Gasteiger partial charge >= 0.3 is 0 Å². The van der Waals surface area contributed by atoms with Crippen molar-refractivity contribution in [2.75, 3.05) is 19.0 Å². The van der Waals surface area contributed by atoms with Crippen molar-refractivity contribution >= 4 is 12.0 Å². The predicted octanol–water partition coefficient (Wildman–Crippen LogP) is 2.95. The lowest BCUT2D eigenvalue weighted by atomic mass is 10.3. The van der Waals surface area contributed by atoms with Gasteiger partial charge in [-0.3, -0.25) is 4.79 Å². The summed E-state index contributed by atoms with van der Waals surface area (Å²) in [5.74, 6) is 1.23. The molecule has 2 aromatic rings. The van der Waals surface area contributed by atoms with Crippen molar-refractivity contribution in [1.82, 2.24) is 0 Å². The smallest absolute Gasteiger partial charge is 0.290 e. The molecule has 1 aromatic carbocycles. The summed E-state index contributed by atoms with van der Waals surface area (Å²) in [6, 6.07) is 10.8. The van der Waals surface area contributed by atoms with Crippen LogP contribution in [0, 0.1) is 0 Å². The van der Waals surface area contributed by atoms with Crippen LogP contribution in [0.1, 0.15) is 10.6 Å². The second-order valence-electron chi connectivity index (χ2n) is 3.77. The topological polar surface area (TPSA) is 42.7 Å². The largest absolute Gasteiger partial charge is 0.426 e. The lowest BCUT2D eigenvalue weighted by Crippen LogP contribution is -2.08. The lowest BCUT2D eigenvalue weighted by Gasteiger charge is -2.13. The maximum atomic E-state index is 10.5. The fourth-order valence-corrected chi connectivity index (χ4v) is 1.39. The zero-order valence-electron chi connectivity index (χ0n) is 9.71. The molecule has 0 N–H and O–H groups in total. The van der Waals surface area contributed by atoms with Gasteiger partial charge in [-0.15, -0.1) is 0 Å². The van der Waals surface area contributed by atoms with E-state index in [1.54, 1.807) is 12.1 Å². The van der Waals surface area contributed by atoms with Crippen LogP contribution in [-0.2, 0) is 0 Å². The van der Waals surface area contributed by atoms with Crippen LogP contribution >= 0.6 is 0 Å². The average molecular weight is 231 g/mol. The SMILES string of the molecule is CN(C)c1cccc(Oc2ccc(C=O)o2)c1. The van der Waals surface area contributed by atoms with E-state index in [0.717, 1.165) is 5.69 Å². The molecule has 2 rings (SSSR count). The molecule has 0 radical (unpaired) electrons. The molecule has 1 heterocycles. The van der Waals surface area contributed by atoms with Gasteiger partial charge in [-0.05, 0) is 18.2 Å². The molecule has 0 unspecified atom stereocenters. The molecule has 0 fully saturated rings. The van der Waals surface area contributed by atoms with Gasteiger partial charge in [0.05, 0.1) is 0 Å². The fourth-order valence-electron chi connectivity index (χ4n) is 1.39. The third-order valence-corrected chi connectivity index (χ3v) is 2.27. The number of aldehydes is 1. The Hall–Kier alpha value is -2.23. The second-order valence-corrected chi connectivity index (χ2v) is 3.77. The van der Waals surface area contributed by atoms with Crippen molar-refractivity contribution in [2.24, 2.45) is 0 Å². The van der Waals surface area contributed by atoms with E-state index < -0.39 is 0 Å². The van der Waals surface area contributed by atoms with Crippen molar-refractivity contribution in [3.05, 3.63) is 42.2 Å². The molecule has 0 saturated heterocycles. The van der Waals surface area contributed by atoms with Crippen LogP contribution in [0.5, 0.6) is 11.7 Å². The van der Waals surface area contributed by atoms with Gasteiger partial charge < -0.3 is 14.1 Å². The monoisotopic (exact) mass is 231 g/mol. The molecule has 4 heteroatoms. The molecular formula is C13H13NO3. The first-order valence-corrected chi connectivity index (χ1v) is 5.19. The van der Waals surface area contributed by atoms with Crippen LogP contribution < -0.4 is 9.64 Å². The highest BCUT2D eigenvalue weighted by Gasteiger charge is 2.04. The molecule has 0 aliphatic rings. The maximum Gasteiger partial charge on any atom is 0.290 e. The Bertz CT molecular complexity index is 517. The molecule has 0 amide bonds. The molecule has 0 spiro atoms. The molecular weight excluding hydrogens is 218 g/mol. The summed E-state index contributed by atoms with van der Waals surface area (Å²) in [5, 5.41) is 0. The highest BCUT2D eigenvalue weighted by atomic mass is 16.6. The Labute approximate surface area is 99.4 Å². The van der Waals surface area contributed by atoms with Gasteiger partial charge in [0, 0.05) is 31.9 Å². The molecule has 1 aromatic heterocycles. The van der Waals surface area contributed by atoms with Crippen molar-refractivity contribution in [2.45, 2.75) is 0 Å². The van der Waals surface area contributed by atoms with Gasteiger partial charge in [-0.2, -0.15) is 0 Å². The number of hydrogen-bond acceptors (Lipinski definition) is 4. The van der Waals surface area contributed by atoms with Crippen molar-refractivity contribution < 1.29 is 13.9 Å². The van der Waals surface area contributed by atoms with Crippen LogP contribution in [0.4, 0.5) is 5.69 Å². The van der Waals surface area contributed by atoms with Gasteiger partial charge in [0.1, 0.15) is 5.75 Å². The average Bonchev–Trinajstić information content (AvgIpc) is 2.77. The first-order valence-electron chi connectivity index (χ1n) is 5.19. The zero-order chi connectivity index (χ0) is 12.3. The van der Waals surface area contributed by atoms with Gasteiger partial charge in [-0.1, -0.05) is 6.07 Å². The van der Waals surface area contributed by atoms with Crippen LogP contribution in [0.25, 0.3) is 0 Å². The van der Waals surface area contributed by atoms with Gasteiger partial charge in [0.25, 0.3) is 5.95 Å². The highest BCUT2D eigenvalue weighted by molar-refractivity contribution is 5.70. The van der Waals surface area contributed by atoms with Crippen molar-refractivity contribution in [3.63, 3.8) is 0 Å². The van der Waals surface area contributed by atoms with Crippen LogP contribution in [0.2, 0.25) is 0 Å². The number of ether oxygens (including phenoxy) is 1. The fraction of sp³-hybridized carbons (Fsp3) is 0.154. The molecule has 88 valence electrons. The van der Waals surface area contributed by atoms with Gasteiger partial charge in [0.2, 0.25) is 0 Å². The van der Waals surface area contributed by atoms with E-state index in [4.69, 9.17) is 9.15 Å². The Balaban J connectivity index is 2.17. The number of nitrogens with zero attached hydrogens (tertiary/aromatic N) is 1. The van der Waals surface area contributed by atoms with E-state index in [1.165, 1.54) is 0 Å². The molecule has 17 heavy (non-hydrogen) atoms. The number of hydrogen-bond donors (Lipinski definition) is 0. The molecule has 4 nitrogen and oxygen atoms in total. The summed E-state index contributed by atoms with van der Waals surface area (Å²) in [6.07, 6.45) is 0.642. The maximum absolute atomic E-state index is 10.5. The second kappa shape index (κ2) is 4.74. The van der Waals surface area contributed by atoms with Crippen LogP contribution in [-0.4, -0.2) is 20.4 Å². The van der Waals surface area contributed by atoms with Gasteiger partial charge in [0.15, 0.2) is 12.0 Å². The molecule has 0 aliphatic carbocycles. The predicted molar refractivity (Wildman–Crippen MR) is 64.9 cm³/mol. The minimum absolute atomic E-state index is 0.253. The Morgan fingerprint density at radius 2 is 2.06 bits per heavy atom. The molecule has 0 saturated carbocycles. The number of furan rings is 1. The number of rotatable bonds is 4. The molecule has 0 aliphatic heterocycles. The summed E-state index contributed by atoms with van der Waals surface area (Å²) in [5.41, 5.74) is 1.03. The van der Waals surface area contributed by atoms with E-state index >= 15 is 0 Å². The standard InChI is InChI=1S/C13H13NO3/c1-14(2)10-4-3-5-11(8-10)16-13-7-6-12(9-15)17-13/h3-9H,1-2H3. The quantitative estimate of drug-likeness (QED) is 0.759. The minimum atomic E-state index is 0.253. The first-order chi connectivity index (χ1) is 8.19. The number of carbonyl (C=O) groups is 1. The summed E-state index contributed by atoms with van der Waals surface area (Å²) < 4.78 is 10.6. The van der Waals surface area contributed by atoms with Crippen LogP contribution in [0.15, 0.2) is 40.8 Å². The Morgan fingerprint density at radius 3 is 2.71 bits per heavy atom. The van der Waals surface area contributed by atoms with E-state index in [-0.39, 0.29) is 5.76 Å². The van der Waals surface area contributed by atoms with Crippen molar-refractivity contribution in [1.29, 1.82) is 0 Å². The number of carbonyl (C=O) groups excluding carboxylic acids is 1. The molecule has 0 bridgehead atoms. The minimum Gasteiger partial charge on any atom is -0.426 e. The third kappa shape index (κ3) is 2.66. The zero-order valence-corrected chi connectivity index (χ0v) is 9.71. The Morgan fingerprint density at radius 1 is 1.24 bits per heavy atom. The summed E-state index contributed by atoms with van der Waals surface area (Å²) in [7, 11) is 3.91. The van der Waals surface area contributed by atoms with E-state index in [2.05, 4.69) is 0 Å². The summed E-state index contributed by atoms with van der Waals surface area (Å²) in [6.45, 7) is 0. The highest BCUT2D eigenvalue weighted by Crippen LogP contribution is 2.26. The summed E-state index contributed by atoms with van der Waals surface area (Å²) >= 11 is 0. The number of anilines is 1. The van der Waals surface area contributed by atoms with E-state index in [0.29, 0.717) is 18.0 Å². The summed E-state index contributed by atoms with van der Waals surface area (Å²) in [4.78, 5) is 12.4. The van der Waals surface area contributed by atoms with Gasteiger partial charge in [-0.25, -0.2) is 0 Å². The van der Waals surface area contributed by atoms with Crippen LogP contribution in [0.3, 0.4) is 0 Å². The Kier molecular flexibility index (Phi) is 3.14.